The predicted molar refractivity (Wildman–Crippen MR) is 80.6 cm³/mol. The van der Waals surface area contributed by atoms with E-state index >= 15 is 0 Å². The Morgan fingerprint density at radius 3 is 2.70 bits per heavy atom. The average molecular weight is 277 g/mol. The van der Waals surface area contributed by atoms with E-state index in [1.54, 1.807) is 0 Å². The van der Waals surface area contributed by atoms with Crippen molar-refractivity contribution in [3.05, 3.63) is 17.0 Å². The molecule has 1 amide bonds. The quantitative estimate of drug-likeness (QED) is 0.919. The Hall–Kier alpha value is -1.32. The van der Waals surface area contributed by atoms with Crippen LogP contribution in [0.15, 0.2) is 0 Å². The summed E-state index contributed by atoms with van der Waals surface area (Å²) in [6.45, 7) is 11.6. The van der Waals surface area contributed by atoms with Crippen LogP contribution in [0.5, 0.6) is 0 Å². The van der Waals surface area contributed by atoms with E-state index in [0.717, 1.165) is 42.8 Å². The van der Waals surface area contributed by atoms with Crippen LogP contribution < -0.4 is 0 Å². The molecule has 2 rings (SSSR count). The van der Waals surface area contributed by atoms with Gasteiger partial charge in [-0.3, -0.25) is 9.89 Å². The van der Waals surface area contributed by atoms with Gasteiger partial charge in [-0.05, 0) is 38.5 Å². The fourth-order valence-corrected chi connectivity index (χ4v) is 3.20. The summed E-state index contributed by atoms with van der Waals surface area (Å²) in [6.07, 6.45) is 3.84. The van der Waals surface area contributed by atoms with Crippen LogP contribution in [0.1, 0.15) is 57.0 Å². The lowest BCUT2D eigenvalue weighted by molar-refractivity contribution is -0.133. The molecule has 1 aromatic rings. The third kappa shape index (κ3) is 2.74. The minimum absolute atomic E-state index is 0.201. The molecule has 1 fully saturated rings. The van der Waals surface area contributed by atoms with E-state index in [4.69, 9.17) is 0 Å². The number of hydrogen-bond donors (Lipinski definition) is 1. The van der Waals surface area contributed by atoms with Gasteiger partial charge in [0.15, 0.2) is 0 Å². The highest BCUT2D eigenvalue weighted by molar-refractivity contribution is 5.80. The highest BCUT2D eigenvalue weighted by Crippen LogP contribution is 2.36. The van der Waals surface area contributed by atoms with Crippen molar-refractivity contribution in [2.75, 3.05) is 6.54 Å². The maximum Gasteiger partial charge on any atom is 0.227 e. The highest BCUT2D eigenvalue weighted by Gasteiger charge is 2.38. The molecule has 0 saturated carbocycles. The maximum atomic E-state index is 12.7. The number of aromatic nitrogens is 2. The number of rotatable bonds is 4. The highest BCUT2D eigenvalue weighted by atomic mass is 16.2. The summed E-state index contributed by atoms with van der Waals surface area (Å²) in [7, 11) is 0. The van der Waals surface area contributed by atoms with Gasteiger partial charge in [0.1, 0.15) is 0 Å². The first-order valence-corrected chi connectivity index (χ1v) is 7.66. The molecule has 0 radical (unpaired) electrons. The molecule has 1 saturated heterocycles. The number of aromatic amines is 1. The summed E-state index contributed by atoms with van der Waals surface area (Å²) >= 11 is 0. The molecule has 112 valence electrons. The van der Waals surface area contributed by atoms with Crippen LogP contribution in [0, 0.1) is 19.3 Å². The van der Waals surface area contributed by atoms with Crippen LogP contribution in [-0.4, -0.2) is 33.6 Å². The molecule has 20 heavy (non-hydrogen) atoms. The second-order valence-electron chi connectivity index (χ2n) is 6.68. The van der Waals surface area contributed by atoms with Crippen LogP contribution in [0.3, 0.4) is 0 Å². The van der Waals surface area contributed by atoms with Gasteiger partial charge in [0.05, 0.1) is 12.1 Å². The number of likely N-dealkylation sites (tertiary alicyclic amines) is 1. The van der Waals surface area contributed by atoms with E-state index in [2.05, 4.69) is 35.9 Å². The van der Waals surface area contributed by atoms with Crippen molar-refractivity contribution in [2.45, 2.75) is 66.3 Å². The zero-order chi connectivity index (χ0) is 14.9. The Balaban J connectivity index is 2.13. The van der Waals surface area contributed by atoms with Crippen LogP contribution in [0.25, 0.3) is 0 Å². The van der Waals surface area contributed by atoms with Gasteiger partial charge in [-0.25, -0.2) is 0 Å². The van der Waals surface area contributed by atoms with E-state index in [0.29, 0.717) is 12.5 Å². The van der Waals surface area contributed by atoms with Crippen LogP contribution in [-0.2, 0) is 11.2 Å². The molecule has 4 nitrogen and oxygen atoms in total. The molecule has 1 aromatic heterocycles. The zero-order valence-corrected chi connectivity index (χ0v) is 13.4. The van der Waals surface area contributed by atoms with Crippen LogP contribution >= 0.6 is 0 Å². The van der Waals surface area contributed by atoms with Crippen molar-refractivity contribution >= 4 is 5.91 Å². The molecule has 0 bridgehead atoms. The third-order valence-corrected chi connectivity index (χ3v) is 5.00. The summed E-state index contributed by atoms with van der Waals surface area (Å²) in [5.74, 6) is 0.252. The van der Waals surface area contributed by atoms with Gasteiger partial charge in [-0.1, -0.05) is 20.8 Å². The number of amides is 1. The Labute approximate surface area is 121 Å². The normalized spacial score (nSPS) is 19.6. The first kappa shape index (κ1) is 15.1. The van der Waals surface area contributed by atoms with Crippen molar-refractivity contribution < 1.29 is 4.79 Å². The monoisotopic (exact) mass is 277 g/mol. The van der Waals surface area contributed by atoms with Gasteiger partial charge >= 0.3 is 0 Å². The molecular weight excluding hydrogens is 250 g/mol. The second kappa shape index (κ2) is 5.58. The molecule has 1 aliphatic rings. The van der Waals surface area contributed by atoms with E-state index in [9.17, 15) is 4.79 Å². The number of carbonyl (C=O) groups excluding carboxylic acids is 1. The Morgan fingerprint density at radius 1 is 1.45 bits per heavy atom. The molecular formula is C16H27N3O. The number of aryl methyl sites for hydroxylation is 2. The van der Waals surface area contributed by atoms with Crippen molar-refractivity contribution in [3.8, 4) is 0 Å². The predicted octanol–water partition coefficient (Wildman–Crippen LogP) is 3.00. The van der Waals surface area contributed by atoms with Gasteiger partial charge < -0.3 is 4.90 Å². The molecule has 1 atom stereocenters. The third-order valence-electron chi connectivity index (χ3n) is 5.00. The number of H-pyrrole nitrogens is 1. The SMILES string of the molecule is CCC(C)(C)[C@H]1CCCN1C(=O)Cc1c(C)n[nH]c1C. The Morgan fingerprint density at radius 2 is 2.15 bits per heavy atom. The van der Waals surface area contributed by atoms with E-state index in [1.807, 2.05) is 13.8 Å². The lowest BCUT2D eigenvalue weighted by atomic mass is 9.80. The Bertz CT molecular complexity index is 470. The summed E-state index contributed by atoms with van der Waals surface area (Å²) < 4.78 is 0. The fourth-order valence-electron chi connectivity index (χ4n) is 3.20. The van der Waals surface area contributed by atoms with Crippen molar-refractivity contribution in [1.29, 1.82) is 0 Å². The van der Waals surface area contributed by atoms with Gasteiger partial charge in [0.2, 0.25) is 5.91 Å². The average Bonchev–Trinajstić information content (AvgIpc) is 3.01. The minimum atomic E-state index is 0.201. The fraction of sp³-hybridized carbons (Fsp3) is 0.750. The number of nitrogens with zero attached hydrogens (tertiary/aromatic N) is 2. The lowest BCUT2D eigenvalue weighted by Gasteiger charge is -2.37. The second-order valence-corrected chi connectivity index (χ2v) is 6.68. The Kier molecular flexibility index (Phi) is 4.21. The largest absolute Gasteiger partial charge is 0.339 e. The lowest BCUT2D eigenvalue weighted by Crippen LogP contribution is -2.44. The van der Waals surface area contributed by atoms with Crippen LogP contribution in [0.2, 0.25) is 0 Å². The van der Waals surface area contributed by atoms with Crippen molar-refractivity contribution in [1.82, 2.24) is 15.1 Å². The first-order valence-electron chi connectivity index (χ1n) is 7.66. The molecule has 2 heterocycles. The van der Waals surface area contributed by atoms with Gasteiger partial charge in [0.25, 0.3) is 0 Å². The summed E-state index contributed by atoms with van der Waals surface area (Å²) in [5, 5.41) is 7.15. The van der Waals surface area contributed by atoms with Gasteiger partial charge in [-0.2, -0.15) is 5.10 Å². The van der Waals surface area contributed by atoms with E-state index in [-0.39, 0.29) is 11.3 Å². The smallest absolute Gasteiger partial charge is 0.227 e. The molecule has 0 spiro atoms. The number of carbonyl (C=O) groups is 1. The first-order chi connectivity index (χ1) is 9.36. The number of hydrogen-bond acceptors (Lipinski definition) is 2. The molecule has 1 N–H and O–H groups in total. The standard InChI is InChI=1S/C16H27N3O/c1-6-16(4,5)14-8-7-9-19(14)15(20)10-13-11(2)17-18-12(13)3/h14H,6-10H2,1-5H3,(H,17,18)/t14-/m1/s1. The number of nitrogens with one attached hydrogen (secondary N) is 1. The van der Waals surface area contributed by atoms with E-state index in [1.165, 1.54) is 0 Å². The summed E-state index contributed by atoms with van der Waals surface area (Å²) in [6, 6.07) is 0.382. The van der Waals surface area contributed by atoms with Crippen molar-refractivity contribution in [2.24, 2.45) is 5.41 Å². The summed E-state index contributed by atoms with van der Waals surface area (Å²) in [4.78, 5) is 14.8. The molecule has 0 aliphatic carbocycles. The zero-order valence-electron chi connectivity index (χ0n) is 13.4. The molecule has 0 aromatic carbocycles. The van der Waals surface area contributed by atoms with Crippen LogP contribution in [0.4, 0.5) is 0 Å². The van der Waals surface area contributed by atoms with Gasteiger partial charge in [0, 0.05) is 23.8 Å². The summed E-state index contributed by atoms with van der Waals surface area (Å²) in [5.41, 5.74) is 3.23. The molecule has 0 unspecified atom stereocenters. The topological polar surface area (TPSA) is 49.0 Å². The van der Waals surface area contributed by atoms with Gasteiger partial charge in [-0.15, -0.1) is 0 Å². The van der Waals surface area contributed by atoms with Crippen molar-refractivity contribution in [3.63, 3.8) is 0 Å². The minimum Gasteiger partial charge on any atom is -0.339 e. The molecule has 4 heteroatoms. The maximum absolute atomic E-state index is 12.7. The van der Waals surface area contributed by atoms with E-state index < -0.39 is 0 Å². The molecule has 1 aliphatic heterocycles.